The van der Waals surface area contributed by atoms with Gasteiger partial charge in [-0.05, 0) is 75.7 Å². The molecule has 1 saturated heterocycles. The number of rotatable bonds is 7. The predicted molar refractivity (Wildman–Crippen MR) is 132 cm³/mol. The van der Waals surface area contributed by atoms with Gasteiger partial charge in [0.15, 0.2) is 0 Å². The molecule has 5 nitrogen and oxygen atoms in total. The number of ether oxygens (including phenoxy) is 1. The first-order valence-corrected chi connectivity index (χ1v) is 12.6. The number of aromatic nitrogens is 1. The fraction of sp³-hybridized carbons (Fsp3) is 0.571. The summed E-state index contributed by atoms with van der Waals surface area (Å²) in [5.41, 5.74) is 1.82. The van der Waals surface area contributed by atoms with Gasteiger partial charge in [-0.3, -0.25) is 14.7 Å². The molecule has 2 aromatic rings. The maximum Gasteiger partial charge on any atom is 0.225 e. The quantitative estimate of drug-likeness (QED) is 0.605. The smallest absolute Gasteiger partial charge is 0.225 e. The van der Waals surface area contributed by atoms with Gasteiger partial charge < -0.3 is 10.1 Å². The summed E-state index contributed by atoms with van der Waals surface area (Å²) >= 11 is 0. The number of nitrogens with zero attached hydrogens (tertiary/aromatic N) is 2. The van der Waals surface area contributed by atoms with Crippen molar-refractivity contribution in [2.45, 2.75) is 78.0 Å². The van der Waals surface area contributed by atoms with Gasteiger partial charge in [0.25, 0.3) is 0 Å². The van der Waals surface area contributed by atoms with E-state index in [9.17, 15) is 4.79 Å². The van der Waals surface area contributed by atoms with E-state index in [4.69, 9.17) is 4.74 Å². The van der Waals surface area contributed by atoms with Crippen molar-refractivity contribution in [1.29, 1.82) is 0 Å². The number of carbonyl (C=O) groups is 1. The van der Waals surface area contributed by atoms with Crippen LogP contribution in [0.3, 0.4) is 0 Å². The van der Waals surface area contributed by atoms with Crippen LogP contribution >= 0.6 is 0 Å². The summed E-state index contributed by atoms with van der Waals surface area (Å²) in [6.07, 6.45) is 9.19. The molecule has 1 amide bonds. The highest BCUT2D eigenvalue weighted by molar-refractivity contribution is 5.81. The van der Waals surface area contributed by atoms with Gasteiger partial charge in [0, 0.05) is 23.7 Å². The van der Waals surface area contributed by atoms with E-state index in [1.54, 1.807) is 0 Å². The number of nitrogens with one attached hydrogen (secondary N) is 1. The lowest BCUT2D eigenvalue weighted by Crippen LogP contribution is -2.44. The van der Waals surface area contributed by atoms with E-state index >= 15 is 0 Å². The number of carbonyl (C=O) groups excluding carboxylic acids is 1. The lowest BCUT2D eigenvalue weighted by molar-refractivity contribution is -0.129. The van der Waals surface area contributed by atoms with Gasteiger partial charge in [-0.1, -0.05) is 45.0 Å². The van der Waals surface area contributed by atoms with Crippen LogP contribution in [-0.2, 0) is 11.3 Å². The first-order valence-electron chi connectivity index (χ1n) is 12.6. The SMILES string of the molecule is CC(C)(C)C(=O)NC(c1ccccn1)C1CCN(Cc2ccccc2OC2CCCC2)CC1. The Labute approximate surface area is 198 Å². The van der Waals surface area contributed by atoms with Gasteiger partial charge in [-0.25, -0.2) is 0 Å². The molecule has 1 saturated carbocycles. The summed E-state index contributed by atoms with van der Waals surface area (Å²) in [5.74, 6) is 1.52. The van der Waals surface area contributed by atoms with Crippen LogP contribution in [0.4, 0.5) is 0 Å². The molecule has 1 atom stereocenters. The zero-order valence-corrected chi connectivity index (χ0v) is 20.4. The van der Waals surface area contributed by atoms with Crippen LogP contribution in [0.2, 0.25) is 0 Å². The standard InChI is InChI=1S/C28H39N3O2/c1-28(2,3)27(32)30-26(24-13-8-9-17-29-24)21-15-18-31(19-16-21)20-22-10-4-7-14-25(22)33-23-11-5-6-12-23/h4,7-10,13-14,17,21,23,26H,5-6,11-12,15-16,18-20H2,1-3H3,(H,30,32). The van der Waals surface area contributed by atoms with E-state index in [0.29, 0.717) is 12.0 Å². The molecule has 178 valence electrons. The van der Waals surface area contributed by atoms with Crippen LogP contribution < -0.4 is 10.1 Å². The molecule has 2 aliphatic rings. The normalized spacial score (nSPS) is 19.4. The molecule has 1 aliphatic heterocycles. The summed E-state index contributed by atoms with van der Waals surface area (Å²) in [4.78, 5) is 19.9. The average molecular weight is 450 g/mol. The Hall–Kier alpha value is -2.40. The lowest BCUT2D eigenvalue weighted by atomic mass is 9.85. The minimum absolute atomic E-state index is 0.0435. The summed E-state index contributed by atoms with van der Waals surface area (Å²) < 4.78 is 6.36. The monoisotopic (exact) mass is 449 g/mol. The lowest BCUT2D eigenvalue weighted by Gasteiger charge is -2.37. The van der Waals surface area contributed by atoms with Crippen molar-refractivity contribution < 1.29 is 9.53 Å². The molecule has 1 unspecified atom stereocenters. The zero-order valence-electron chi connectivity index (χ0n) is 20.4. The first-order chi connectivity index (χ1) is 15.9. The molecule has 1 N–H and O–H groups in total. The van der Waals surface area contributed by atoms with Crippen molar-refractivity contribution in [3.05, 3.63) is 59.9 Å². The second-order valence-corrected chi connectivity index (χ2v) is 10.7. The third kappa shape index (κ3) is 6.35. The Morgan fingerprint density at radius 2 is 1.76 bits per heavy atom. The fourth-order valence-electron chi connectivity index (χ4n) is 4.97. The second kappa shape index (κ2) is 10.7. The van der Waals surface area contributed by atoms with Crippen LogP contribution in [0, 0.1) is 11.3 Å². The Balaban J connectivity index is 1.39. The summed E-state index contributed by atoms with van der Waals surface area (Å²) in [6, 6.07) is 14.5. The topological polar surface area (TPSA) is 54.5 Å². The molecule has 2 fully saturated rings. The second-order valence-electron chi connectivity index (χ2n) is 10.7. The van der Waals surface area contributed by atoms with Crippen molar-refractivity contribution in [2.24, 2.45) is 11.3 Å². The molecule has 4 rings (SSSR count). The fourth-order valence-corrected chi connectivity index (χ4v) is 4.97. The van der Waals surface area contributed by atoms with Gasteiger partial charge >= 0.3 is 0 Å². The number of para-hydroxylation sites is 1. The van der Waals surface area contributed by atoms with Gasteiger partial charge in [0.2, 0.25) is 5.91 Å². The number of piperidine rings is 1. The maximum absolute atomic E-state index is 12.8. The number of likely N-dealkylation sites (tertiary alicyclic amines) is 1. The summed E-state index contributed by atoms with van der Waals surface area (Å²) in [6.45, 7) is 8.83. The van der Waals surface area contributed by atoms with E-state index < -0.39 is 5.41 Å². The Kier molecular flexibility index (Phi) is 7.69. The van der Waals surface area contributed by atoms with E-state index in [-0.39, 0.29) is 11.9 Å². The van der Waals surface area contributed by atoms with Gasteiger partial charge in [0.05, 0.1) is 17.8 Å². The third-order valence-corrected chi connectivity index (χ3v) is 7.04. The number of amides is 1. The minimum Gasteiger partial charge on any atom is -0.490 e. The van der Waals surface area contributed by atoms with Crippen molar-refractivity contribution in [1.82, 2.24) is 15.2 Å². The van der Waals surface area contributed by atoms with Crippen molar-refractivity contribution in [3.8, 4) is 5.75 Å². The molecule has 0 radical (unpaired) electrons. The van der Waals surface area contributed by atoms with Crippen LogP contribution in [0.15, 0.2) is 48.7 Å². The summed E-state index contributed by atoms with van der Waals surface area (Å²) in [5, 5.41) is 3.32. The van der Waals surface area contributed by atoms with Crippen LogP contribution in [0.5, 0.6) is 5.75 Å². The predicted octanol–water partition coefficient (Wildman–Crippen LogP) is 5.52. The number of benzene rings is 1. The van der Waals surface area contributed by atoms with Gasteiger partial charge in [0.1, 0.15) is 5.75 Å². The third-order valence-electron chi connectivity index (χ3n) is 7.04. The molecule has 5 heteroatoms. The summed E-state index contributed by atoms with van der Waals surface area (Å²) in [7, 11) is 0. The van der Waals surface area contributed by atoms with Crippen LogP contribution in [0.1, 0.15) is 76.6 Å². The molecule has 2 heterocycles. The number of hydrogen-bond acceptors (Lipinski definition) is 4. The van der Waals surface area contributed by atoms with Crippen LogP contribution in [-0.4, -0.2) is 35.0 Å². The Bertz CT molecular complexity index is 895. The maximum atomic E-state index is 12.8. The first kappa shape index (κ1) is 23.7. The van der Waals surface area contributed by atoms with Crippen molar-refractivity contribution in [3.63, 3.8) is 0 Å². The highest BCUT2D eigenvalue weighted by Gasteiger charge is 2.32. The van der Waals surface area contributed by atoms with E-state index in [0.717, 1.165) is 43.9 Å². The van der Waals surface area contributed by atoms with E-state index in [1.165, 1.54) is 31.2 Å². The van der Waals surface area contributed by atoms with E-state index in [2.05, 4.69) is 39.5 Å². The molecule has 33 heavy (non-hydrogen) atoms. The largest absolute Gasteiger partial charge is 0.490 e. The Morgan fingerprint density at radius 1 is 1.06 bits per heavy atom. The highest BCUT2D eigenvalue weighted by Crippen LogP contribution is 2.33. The number of pyridine rings is 1. The zero-order chi connectivity index (χ0) is 23.3. The van der Waals surface area contributed by atoms with Gasteiger partial charge in [-0.2, -0.15) is 0 Å². The van der Waals surface area contributed by atoms with Gasteiger partial charge in [-0.15, -0.1) is 0 Å². The average Bonchev–Trinajstić information content (AvgIpc) is 3.32. The molecule has 0 spiro atoms. The van der Waals surface area contributed by atoms with E-state index in [1.807, 2.05) is 45.2 Å². The van der Waals surface area contributed by atoms with Crippen molar-refractivity contribution in [2.75, 3.05) is 13.1 Å². The number of hydrogen-bond donors (Lipinski definition) is 1. The van der Waals surface area contributed by atoms with Crippen molar-refractivity contribution >= 4 is 5.91 Å². The highest BCUT2D eigenvalue weighted by atomic mass is 16.5. The minimum atomic E-state index is -0.420. The molecular weight excluding hydrogens is 410 g/mol. The molecular formula is C28H39N3O2. The van der Waals surface area contributed by atoms with Crippen LogP contribution in [0.25, 0.3) is 0 Å². The molecule has 1 aromatic heterocycles. The molecule has 0 bridgehead atoms. The molecule has 1 aromatic carbocycles. The Morgan fingerprint density at radius 3 is 2.42 bits per heavy atom. The molecule has 1 aliphatic carbocycles.